The maximum absolute atomic E-state index is 5.95. The second-order valence-electron chi connectivity index (χ2n) is 4.76. The number of anilines is 1. The van der Waals surface area contributed by atoms with Crippen molar-refractivity contribution in [2.45, 2.75) is 31.8 Å². The van der Waals surface area contributed by atoms with E-state index in [-0.39, 0.29) is 0 Å². The van der Waals surface area contributed by atoms with E-state index < -0.39 is 0 Å². The van der Waals surface area contributed by atoms with Gasteiger partial charge in [-0.3, -0.25) is 0 Å². The third-order valence-corrected chi connectivity index (χ3v) is 3.76. The Hall–Kier alpha value is -0.840. The summed E-state index contributed by atoms with van der Waals surface area (Å²) < 4.78 is 5.70. The molecule has 0 aromatic heterocycles. The van der Waals surface area contributed by atoms with Crippen LogP contribution < -0.4 is 11.1 Å². The molecule has 3 nitrogen and oxygen atoms in total. The van der Waals surface area contributed by atoms with Gasteiger partial charge in [0.1, 0.15) is 4.99 Å². The van der Waals surface area contributed by atoms with Gasteiger partial charge in [0.2, 0.25) is 0 Å². The molecule has 0 spiro atoms. The molecule has 1 fully saturated rings. The monoisotopic (exact) mass is 298 g/mol. The first-order chi connectivity index (χ1) is 9.16. The van der Waals surface area contributed by atoms with Gasteiger partial charge in [-0.1, -0.05) is 23.8 Å². The standard InChI is InChI=1S/C14H19ClN2OS/c15-10-4-5-13(12(9-10)14(16)19)17-7-6-11-3-1-2-8-18-11/h4-5,9,11,17H,1-3,6-8H2,(H2,16,19). The number of nitrogens with two attached hydrogens (primary N) is 1. The quantitative estimate of drug-likeness (QED) is 0.819. The van der Waals surface area contributed by atoms with Crippen LogP contribution in [0.3, 0.4) is 0 Å². The SMILES string of the molecule is NC(=S)c1cc(Cl)ccc1NCCC1CCCCO1. The van der Waals surface area contributed by atoms with E-state index in [1.165, 1.54) is 12.8 Å². The highest BCUT2D eigenvalue weighted by Gasteiger charge is 2.13. The molecule has 1 heterocycles. The predicted molar refractivity (Wildman–Crippen MR) is 84.0 cm³/mol. The molecule has 5 heteroatoms. The maximum Gasteiger partial charge on any atom is 0.106 e. The van der Waals surface area contributed by atoms with Crippen LogP contribution in [0.25, 0.3) is 0 Å². The summed E-state index contributed by atoms with van der Waals surface area (Å²) in [6.07, 6.45) is 4.99. The van der Waals surface area contributed by atoms with Crippen LogP contribution in [0.1, 0.15) is 31.2 Å². The van der Waals surface area contributed by atoms with Crippen molar-refractivity contribution in [3.8, 4) is 0 Å². The van der Waals surface area contributed by atoms with Crippen molar-refractivity contribution in [1.29, 1.82) is 0 Å². The minimum absolute atomic E-state index is 0.360. The average Bonchev–Trinajstić information content (AvgIpc) is 2.41. The molecule has 1 atom stereocenters. The number of thiocarbonyl (C=S) groups is 1. The van der Waals surface area contributed by atoms with Crippen LogP contribution >= 0.6 is 23.8 Å². The molecule has 1 aromatic rings. The van der Waals surface area contributed by atoms with Crippen molar-refractivity contribution in [3.05, 3.63) is 28.8 Å². The summed E-state index contributed by atoms with van der Waals surface area (Å²) in [5.41, 5.74) is 7.44. The predicted octanol–water partition coefficient (Wildman–Crippen LogP) is 3.35. The topological polar surface area (TPSA) is 47.3 Å². The van der Waals surface area contributed by atoms with E-state index >= 15 is 0 Å². The number of ether oxygens (including phenoxy) is 1. The summed E-state index contributed by atoms with van der Waals surface area (Å²) in [5, 5.41) is 4.01. The molecule has 0 amide bonds. The third kappa shape index (κ3) is 4.34. The summed E-state index contributed by atoms with van der Waals surface area (Å²) in [5.74, 6) is 0. The Morgan fingerprint density at radius 1 is 1.47 bits per heavy atom. The summed E-state index contributed by atoms with van der Waals surface area (Å²) in [6.45, 7) is 1.74. The van der Waals surface area contributed by atoms with E-state index in [4.69, 9.17) is 34.3 Å². The minimum Gasteiger partial charge on any atom is -0.389 e. The average molecular weight is 299 g/mol. The van der Waals surface area contributed by atoms with Crippen molar-refractivity contribution in [2.75, 3.05) is 18.5 Å². The number of nitrogens with one attached hydrogen (secondary N) is 1. The number of halogens is 1. The van der Waals surface area contributed by atoms with Gasteiger partial charge in [0.05, 0.1) is 6.10 Å². The largest absolute Gasteiger partial charge is 0.389 e. The molecule has 104 valence electrons. The zero-order valence-electron chi connectivity index (χ0n) is 10.8. The molecule has 2 rings (SSSR count). The van der Waals surface area contributed by atoms with Crippen LogP contribution in [0.5, 0.6) is 0 Å². The van der Waals surface area contributed by atoms with Gasteiger partial charge >= 0.3 is 0 Å². The highest BCUT2D eigenvalue weighted by molar-refractivity contribution is 7.80. The lowest BCUT2D eigenvalue weighted by Crippen LogP contribution is -2.22. The molecule has 3 N–H and O–H groups in total. The molecule has 0 bridgehead atoms. The van der Waals surface area contributed by atoms with E-state index in [9.17, 15) is 0 Å². The Labute approximate surface area is 124 Å². The summed E-state index contributed by atoms with van der Waals surface area (Å²) in [7, 11) is 0. The van der Waals surface area contributed by atoms with Crippen molar-refractivity contribution < 1.29 is 4.74 Å². The van der Waals surface area contributed by atoms with Gasteiger partial charge in [-0.15, -0.1) is 0 Å². The smallest absolute Gasteiger partial charge is 0.106 e. The normalized spacial score (nSPS) is 19.1. The maximum atomic E-state index is 5.95. The Kier molecular flexibility index (Phi) is 5.43. The van der Waals surface area contributed by atoms with Crippen LogP contribution in [-0.2, 0) is 4.74 Å². The van der Waals surface area contributed by atoms with Gasteiger partial charge in [0, 0.05) is 29.4 Å². The molecule has 0 radical (unpaired) electrons. The highest BCUT2D eigenvalue weighted by atomic mass is 35.5. The van der Waals surface area contributed by atoms with E-state index in [2.05, 4.69) is 5.32 Å². The fraction of sp³-hybridized carbons (Fsp3) is 0.500. The lowest BCUT2D eigenvalue weighted by Gasteiger charge is -2.23. The molecule has 1 unspecified atom stereocenters. The van der Waals surface area contributed by atoms with Gasteiger partial charge in [-0.2, -0.15) is 0 Å². The number of hydrogen-bond acceptors (Lipinski definition) is 3. The third-order valence-electron chi connectivity index (χ3n) is 3.30. The van der Waals surface area contributed by atoms with Crippen molar-refractivity contribution in [3.63, 3.8) is 0 Å². The minimum atomic E-state index is 0.360. The first-order valence-electron chi connectivity index (χ1n) is 6.61. The Morgan fingerprint density at radius 3 is 3.00 bits per heavy atom. The van der Waals surface area contributed by atoms with Crippen LogP contribution in [0.4, 0.5) is 5.69 Å². The van der Waals surface area contributed by atoms with Crippen LogP contribution in [-0.4, -0.2) is 24.2 Å². The number of rotatable bonds is 5. The second-order valence-corrected chi connectivity index (χ2v) is 5.63. The fourth-order valence-electron chi connectivity index (χ4n) is 2.28. The van der Waals surface area contributed by atoms with Gasteiger partial charge in [0.15, 0.2) is 0 Å². The molecule has 0 saturated carbocycles. The van der Waals surface area contributed by atoms with Crippen LogP contribution in [0.15, 0.2) is 18.2 Å². The second kappa shape index (κ2) is 7.08. The molecular weight excluding hydrogens is 280 g/mol. The molecule has 1 saturated heterocycles. The molecule has 1 aliphatic rings. The van der Waals surface area contributed by atoms with E-state index in [0.29, 0.717) is 16.1 Å². The van der Waals surface area contributed by atoms with Crippen LogP contribution in [0, 0.1) is 0 Å². The molecule has 1 aliphatic heterocycles. The van der Waals surface area contributed by atoms with E-state index in [0.717, 1.165) is 37.2 Å². The molecule has 1 aromatic carbocycles. The van der Waals surface area contributed by atoms with Gasteiger partial charge in [-0.25, -0.2) is 0 Å². The first kappa shape index (κ1) is 14.6. The first-order valence-corrected chi connectivity index (χ1v) is 7.40. The molecular formula is C14H19ClN2OS. The van der Waals surface area contributed by atoms with Gasteiger partial charge in [-0.05, 0) is 43.9 Å². The van der Waals surface area contributed by atoms with Gasteiger partial charge < -0.3 is 15.8 Å². The van der Waals surface area contributed by atoms with Crippen molar-refractivity contribution in [2.24, 2.45) is 5.73 Å². The number of hydrogen-bond donors (Lipinski definition) is 2. The molecule has 0 aliphatic carbocycles. The zero-order chi connectivity index (χ0) is 13.7. The molecule has 19 heavy (non-hydrogen) atoms. The summed E-state index contributed by atoms with van der Waals surface area (Å²) >= 11 is 11.0. The Morgan fingerprint density at radius 2 is 2.32 bits per heavy atom. The van der Waals surface area contributed by atoms with Crippen molar-refractivity contribution >= 4 is 34.5 Å². The van der Waals surface area contributed by atoms with E-state index in [1.54, 1.807) is 6.07 Å². The summed E-state index contributed by atoms with van der Waals surface area (Å²) in [4.78, 5) is 0.360. The lowest BCUT2D eigenvalue weighted by atomic mass is 10.1. The van der Waals surface area contributed by atoms with Gasteiger partial charge in [0.25, 0.3) is 0 Å². The zero-order valence-corrected chi connectivity index (χ0v) is 12.4. The van der Waals surface area contributed by atoms with E-state index in [1.807, 2.05) is 12.1 Å². The fourth-order valence-corrected chi connectivity index (χ4v) is 2.62. The lowest BCUT2D eigenvalue weighted by molar-refractivity contribution is 0.0134. The Bertz CT molecular complexity index is 447. The summed E-state index contributed by atoms with van der Waals surface area (Å²) in [6, 6.07) is 5.55. The van der Waals surface area contributed by atoms with Crippen LogP contribution in [0.2, 0.25) is 5.02 Å². The Balaban J connectivity index is 1.89. The van der Waals surface area contributed by atoms with Crippen molar-refractivity contribution in [1.82, 2.24) is 0 Å². The number of benzene rings is 1. The highest BCUT2D eigenvalue weighted by Crippen LogP contribution is 2.21.